The second kappa shape index (κ2) is 9.77. The van der Waals surface area contributed by atoms with Crippen molar-refractivity contribution in [2.75, 3.05) is 13.2 Å². The standard InChI is InChI=1S/C26H26F2N2O5/c1-5-29-19-11-9-15(27)13-17(19)23(21(29)25(31)33-7-3)35-24-18-14-16(28)10-12-20(18)30(6-2)22(24)26(32)34-8-4/h9-14H,5-8H2,1-4H3. The minimum Gasteiger partial charge on any atom is -0.461 e. The SMILES string of the molecule is CCOC(=O)c1c(Oc2c(C(=O)OCC)n(CC)c3ccc(F)cc23)c2cc(F)ccc2n1CC. The van der Waals surface area contributed by atoms with Crippen LogP contribution in [0.1, 0.15) is 48.7 Å². The summed E-state index contributed by atoms with van der Waals surface area (Å²) in [6, 6.07) is 8.17. The second-order valence-corrected chi connectivity index (χ2v) is 7.71. The zero-order valence-corrected chi connectivity index (χ0v) is 20.0. The fraction of sp³-hybridized carbons (Fsp3) is 0.308. The molecule has 0 amide bonds. The first kappa shape index (κ1) is 24.3. The van der Waals surface area contributed by atoms with E-state index in [0.29, 0.717) is 34.9 Å². The first-order valence-electron chi connectivity index (χ1n) is 11.5. The van der Waals surface area contributed by atoms with Crippen LogP contribution >= 0.6 is 0 Å². The molecular weight excluding hydrogens is 458 g/mol. The van der Waals surface area contributed by atoms with E-state index in [9.17, 15) is 18.4 Å². The van der Waals surface area contributed by atoms with Gasteiger partial charge in [-0.1, -0.05) is 0 Å². The summed E-state index contributed by atoms with van der Waals surface area (Å²) in [5.41, 5.74) is 1.24. The number of aromatic nitrogens is 2. The molecule has 0 spiro atoms. The molecule has 184 valence electrons. The molecule has 35 heavy (non-hydrogen) atoms. The van der Waals surface area contributed by atoms with Crippen LogP contribution in [0.5, 0.6) is 11.5 Å². The number of aryl methyl sites for hydroxylation is 2. The Morgan fingerprint density at radius 3 is 1.46 bits per heavy atom. The van der Waals surface area contributed by atoms with Crippen molar-refractivity contribution in [1.82, 2.24) is 9.13 Å². The van der Waals surface area contributed by atoms with E-state index in [4.69, 9.17) is 14.2 Å². The predicted octanol–water partition coefficient (Wildman–Crippen LogP) is 6.06. The molecular formula is C26H26F2N2O5. The first-order chi connectivity index (χ1) is 16.9. The van der Waals surface area contributed by atoms with Gasteiger partial charge in [-0.05, 0) is 64.1 Å². The van der Waals surface area contributed by atoms with Gasteiger partial charge in [0.1, 0.15) is 11.6 Å². The second-order valence-electron chi connectivity index (χ2n) is 7.71. The normalized spacial score (nSPS) is 11.3. The van der Waals surface area contributed by atoms with Crippen LogP contribution in [-0.4, -0.2) is 34.3 Å². The van der Waals surface area contributed by atoms with E-state index < -0.39 is 23.6 Å². The lowest BCUT2D eigenvalue weighted by Gasteiger charge is -2.12. The van der Waals surface area contributed by atoms with E-state index in [2.05, 4.69) is 0 Å². The number of halogens is 2. The Morgan fingerprint density at radius 1 is 0.714 bits per heavy atom. The third kappa shape index (κ3) is 4.11. The molecule has 0 aliphatic carbocycles. The van der Waals surface area contributed by atoms with Crippen LogP contribution in [-0.2, 0) is 22.6 Å². The summed E-state index contributed by atoms with van der Waals surface area (Å²) in [7, 11) is 0. The number of benzene rings is 2. The Bertz CT molecular complexity index is 1330. The van der Waals surface area contributed by atoms with Crippen LogP contribution < -0.4 is 4.74 Å². The Hall–Kier alpha value is -3.88. The molecule has 0 radical (unpaired) electrons. The highest BCUT2D eigenvalue weighted by atomic mass is 19.1. The van der Waals surface area contributed by atoms with Crippen molar-refractivity contribution >= 4 is 33.7 Å². The van der Waals surface area contributed by atoms with Crippen molar-refractivity contribution < 1.29 is 32.6 Å². The summed E-state index contributed by atoms with van der Waals surface area (Å²) in [4.78, 5) is 26.0. The zero-order chi connectivity index (χ0) is 25.3. The number of rotatable bonds is 8. The Kier molecular flexibility index (Phi) is 6.77. The summed E-state index contributed by atoms with van der Waals surface area (Å²) >= 11 is 0. The summed E-state index contributed by atoms with van der Waals surface area (Å²) < 4.78 is 48.8. The molecule has 0 atom stereocenters. The maximum absolute atomic E-state index is 14.3. The van der Waals surface area contributed by atoms with Gasteiger partial charge in [0.05, 0.1) is 24.2 Å². The molecule has 0 bridgehead atoms. The highest BCUT2D eigenvalue weighted by Gasteiger charge is 2.31. The fourth-order valence-corrected chi connectivity index (χ4v) is 4.36. The van der Waals surface area contributed by atoms with Crippen LogP contribution in [0, 0.1) is 11.6 Å². The predicted molar refractivity (Wildman–Crippen MR) is 127 cm³/mol. The molecule has 4 rings (SSSR count). The third-order valence-corrected chi connectivity index (χ3v) is 5.73. The largest absolute Gasteiger partial charge is 0.461 e. The lowest BCUT2D eigenvalue weighted by molar-refractivity contribution is 0.0507. The molecule has 0 saturated heterocycles. The number of nitrogens with zero attached hydrogens (tertiary/aromatic N) is 2. The van der Waals surface area contributed by atoms with Crippen LogP contribution in [0.4, 0.5) is 8.78 Å². The Morgan fingerprint density at radius 2 is 1.11 bits per heavy atom. The lowest BCUT2D eigenvalue weighted by Crippen LogP contribution is -2.14. The summed E-state index contributed by atoms with van der Waals surface area (Å²) in [5.74, 6) is -2.35. The van der Waals surface area contributed by atoms with Crippen molar-refractivity contribution in [3.05, 3.63) is 59.4 Å². The van der Waals surface area contributed by atoms with Crippen molar-refractivity contribution in [3.8, 4) is 11.5 Å². The van der Waals surface area contributed by atoms with Gasteiger partial charge in [0.15, 0.2) is 22.9 Å². The minimum atomic E-state index is -0.663. The van der Waals surface area contributed by atoms with Gasteiger partial charge < -0.3 is 23.3 Å². The molecule has 0 saturated carbocycles. The van der Waals surface area contributed by atoms with Crippen LogP contribution in [0.3, 0.4) is 0 Å². The number of ether oxygens (including phenoxy) is 3. The highest BCUT2D eigenvalue weighted by molar-refractivity contribution is 6.05. The van der Waals surface area contributed by atoms with Crippen molar-refractivity contribution in [3.63, 3.8) is 0 Å². The number of esters is 2. The van der Waals surface area contributed by atoms with E-state index >= 15 is 0 Å². The number of hydrogen-bond donors (Lipinski definition) is 0. The van der Waals surface area contributed by atoms with Crippen LogP contribution in [0.25, 0.3) is 21.8 Å². The van der Waals surface area contributed by atoms with E-state index in [-0.39, 0.29) is 36.1 Å². The summed E-state index contributed by atoms with van der Waals surface area (Å²) in [6.07, 6.45) is 0. The van der Waals surface area contributed by atoms with Gasteiger partial charge in [-0.3, -0.25) is 0 Å². The van der Waals surface area contributed by atoms with E-state index in [1.165, 1.54) is 24.3 Å². The summed E-state index contributed by atoms with van der Waals surface area (Å²) in [5, 5.41) is 0.636. The Labute approximate surface area is 200 Å². The molecule has 2 heterocycles. The van der Waals surface area contributed by atoms with Gasteiger partial charge in [-0.25, -0.2) is 18.4 Å². The zero-order valence-electron chi connectivity index (χ0n) is 20.0. The van der Waals surface area contributed by atoms with Crippen LogP contribution in [0.2, 0.25) is 0 Å². The summed E-state index contributed by atoms with van der Waals surface area (Å²) in [6.45, 7) is 7.99. The van der Waals surface area contributed by atoms with Gasteiger partial charge in [-0.2, -0.15) is 0 Å². The number of carbonyl (C=O) groups excluding carboxylic acids is 2. The maximum Gasteiger partial charge on any atom is 0.358 e. The highest BCUT2D eigenvalue weighted by Crippen LogP contribution is 2.43. The molecule has 0 aliphatic heterocycles. The molecule has 0 fully saturated rings. The number of fused-ring (bicyclic) bond motifs is 2. The molecule has 0 N–H and O–H groups in total. The molecule has 7 nitrogen and oxygen atoms in total. The molecule has 2 aromatic carbocycles. The van der Waals surface area contributed by atoms with Gasteiger partial charge in [-0.15, -0.1) is 0 Å². The number of carbonyl (C=O) groups is 2. The third-order valence-electron chi connectivity index (χ3n) is 5.73. The lowest BCUT2D eigenvalue weighted by atomic mass is 10.2. The van der Waals surface area contributed by atoms with Gasteiger partial charge in [0.25, 0.3) is 0 Å². The smallest absolute Gasteiger partial charge is 0.358 e. The molecule has 9 heteroatoms. The minimum absolute atomic E-state index is 0.0183. The first-order valence-corrected chi connectivity index (χ1v) is 11.5. The molecule has 2 aromatic heterocycles. The van der Waals surface area contributed by atoms with Gasteiger partial charge >= 0.3 is 11.9 Å². The van der Waals surface area contributed by atoms with Crippen molar-refractivity contribution in [2.45, 2.75) is 40.8 Å². The average Bonchev–Trinajstić information content (AvgIpc) is 3.31. The van der Waals surface area contributed by atoms with Crippen molar-refractivity contribution in [2.24, 2.45) is 0 Å². The van der Waals surface area contributed by atoms with E-state index in [1.807, 2.05) is 13.8 Å². The van der Waals surface area contributed by atoms with Crippen LogP contribution in [0.15, 0.2) is 36.4 Å². The fourth-order valence-electron chi connectivity index (χ4n) is 4.36. The van der Waals surface area contributed by atoms with Gasteiger partial charge in [0.2, 0.25) is 0 Å². The topological polar surface area (TPSA) is 71.7 Å². The molecule has 0 aliphatic rings. The van der Waals surface area contributed by atoms with Gasteiger partial charge in [0, 0.05) is 23.9 Å². The Balaban J connectivity index is 2.07. The average molecular weight is 484 g/mol. The quantitative estimate of drug-likeness (QED) is 0.284. The van der Waals surface area contributed by atoms with E-state index in [0.717, 1.165) is 0 Å². The van der Waals surface area contributed by atoms with Crippen molar-refractivity contribution in [1.29, 1.82) is 0 Å². The monoisotopic (exact) mass is 484 g/mol. The molecule has 0 unspecified atom stereocenters. The van der Waals surface area contributed by atoms with E-state index in [1.54, 1.807) is 35.1 Å². The maximum atomic E-state index is 14.3. The molecule has 4 aromatic rings. The number of hydrogen-bond acceptors (Lipinski definition) is 5.